The van der Waals surface area contributed by atoms with E-state index < -0.39 is 16.1 Å². The monoisotopic (exact) mass is 418 g/mol. The van der Waals surface area contributed by atoms with Crippen molar-refractivity contribution < 1.29 is 13.5 Å². The van der Waals surface area contributed by atoms with Gasteiger partial charge in [-0.1, -0.05) is 66.2 Å². The van der Waals surface area contributed by atoms with E-state index in [1.165, 1.54) is 0 Å². The van der Waals surface area contributed by atoms with Gasteiger partial charge < -0.3 is 5.11 Å². The van der Waals surface area contributed by atoms with E-state index in [-0.39, 0.29) is 10.6 Å². The minimum Gasteiger partial charge on any atom is -0.506 e. The first-order chi connectivity index (χ1) is 14.4. The Morgan fingerprint density at radius 3 is 2.37 bits per heavy atom. The minimum absolute atomic E-state index is 0.103. The van der Waals surface area contributed by atoms with Gasteiger partial charge in [-0.05, 0) is 36.8 Å². The molecule has 3 aromatic carbocycles. The van der Waals surface area contributed by atoms with Crippen molar-refractivity contribution in [3.63, 3.8) is 0 Å². The number of aryl methyl sites for hydroxylation is 1. The highest BCUT2D eigenvalue weighted by Crippen LogP contribution is 2.25. The fourth-order valence-corrected chi connectivity index (χ4v) is 4.60. The molecule has 0 saturated heterocycles. The van der Waals surface area contributed by atoms with Crippen molar-refractivity contribution in [3.8, 4) is 5.75 Å². The van der Waals surface area contributed by atoms with Crippen LogP contribution in [0.2, 0.25) is 0 Å². The lowest BCUT2D eigenvalue weighted by molar-refractivity contribution is 0.480. The van der Waals surface area contributed by atoms with Crippen LogP contribution >= 0.6 is 0 Å². The Hall–Kier alpha value is -3.22. The zero-order valence-corrected chi connectivity index (χ0v) is 17.3. The highest BCUT2D eigenvalue weighted by atomic mass is 32.2. The predicted molar refractivity (Wildman–Crippen MR) is 118 cm³/mol. The molecule has 30 heavy (non-hydrogen) atoms. The number of nitrogens with zero attached hydrogens (tertiary/aromatic N) is 1. The quantitative estimate of drug-likeness (QED) is 0.483. The number of benzene rings is 3. The van der Waals surface area contributed by atoms with Crippen LogP contribution in [-0.4, -0.2) is 18.5 Å². The van der Waals surface area contributed by atoms with E-state index in [2.05, 4.69) is 9.71 Å². The highest BCUT2D eigenvalue weighted by molar-refractivity contribution is 7.89. The van der Waals surface area contributed by atoms with Gasteiger partial charge in [0, 0.05) is 17.5 Å². The fraction of sp³-hybridized carbons (Fsp3) is 0.125. The Labute approximate surface area is 176 Å². The molecule has 0 aliphatic carbocycles. The van der Waals surface area contributed by atoms with Crippen LogP contribution < -0.4 is 4.72 Å². The van der Waals surface area contributed by atoms with E-state index in [9.17, 15) is 13.5 Å². The summed E-state index contributed by atoms with van der Waals surface area (Å²) in [6.45, 7) is 1.91. The normalized spacial score (nSPS) is 12.7. The second kappa shape index (κ2) is 8.26. The maximum absolute atomic E-state index is 13.0. The third-order valence-corrected chi connectivity index (χ3v) is 6.49. The number of phenolic OH excluding ortho intramolecular Hbond substituents is 1. The zero-order valence-electron chi connectivity index (χ0n) is 16.5. The van der Waals surface area contributed by atoms with E-state index >= 15 is 0 Å². The summed E-state index contributed by atoms with van der Waals surface area (Å²) in [4.78, 5) is 4.79. The zero-order chi connectivity index (χ0) is 21.1. The predicted octanol–water partition coefficient (Wildman–Crippen LogP) is 4.51. The van der Waals surface area contributed by atoms with E-state index in [0.29, 0.717) is 17.6 Å². The van der Waals surface area contributed by atoms with Crippen LogP contribution in [0.5, 0.6) is 5.75 Å². The molecule has 0 radical (unpaired) electrons. The third kappa shape index (κ3) is 4.35. The molecule has 1 heterocycles. The topological polar surface area (TPSA) is 79.3 Å². The maximum Gasteiger partial charge on any atom is 0.241 e. The summed E-state index contributed by atoms with van der Waals surface area (Å²) >= 11 is 0. The summed E-state index contributed by atoms with van der Waals surface area (Å²) in [6.07, 6.45) is 0.347. The van der Waals surface area contributed by atoms with Crippen molar-refractivity contribution in [1.82, 2.24) is 9.71 Å². The molecule has 4 aromatic rings. The van der Waals surface area contributed by atoms with Crippen LogP contribution in [0, 0.1) is 6.92 Å². The number of hydrogen-bond acceptors (Lipinski definition) is 4. The van der Waals surface area contributed by atoms with Gasteiger partial charge in [0.1, 0.15) is 11.3 Å². The Morgan fingerprint density at radius 2 is 1.63 bits per heavy atom. The summed E-state index contributed by atoms with van der Waals surface area (Å²) in [7, 11) is -3.72. The van der Waals surface area contributed by atoms with Gasteiger partial charge >= 0.3 is 0 Å². The van der Waals surface area contributed by atoms with Crippen LogP contribution in [0.15, 0.2) is 89.8 Å². The first-order valence-electron chi connectivity index (χ1n) is 9.64. The van der Waals surface area contributed by atoms with Crippen LogP contribution in [0.1, 0.15) is 22.9 Å². The van der Waals surface area contributed by atoms with E-state index in [4.69, 9.17) is 0 Å². The van der Waals surface area contributed by atoms with Crippen LogP contribution in [0.25, 0.3) is 10.9 Å². The Kier molecular flexibility index (Phi) is 5.53. The molecule has 1 aromatic heterocycles. The second-order valence-corrected chi connectivity index (χ2v) is 8.97. The lowest BCUT2D eigenvalue weighted by Gasteiger charge is -2.19. The first kappa shape index (κ1) is 20.1. The molecule has 152 valence electrons. The molecule has 1 unspecified atom stereocenters. The number of sulfonamides is 1. The van der Waals surface area contributed by atoms with Gasteiger partial charge in [0.2, 0.25) is 10.0 Å². The van der Waals surface area contributed by atoms with Crippen LogP contribution in [0.3, 0.4) is 0 Å². The van der Waals surface area contributed by atoms with Gasteiger partial charge in [0.25, 0.3) is 0 Å². The number of phenols is 1. The van der Waals surface area contributed by atoms with Gasteiger partial charge in [-0.15, -0.1) is 0 Å². The lowest BCUT2D eigenvalue weighted by Crippen LogP contribution is -2.30. The highest BCUT2D eigenvalue weighted by Gasteiger charge is 2.22. The van der Waals surface area contributed by atoms with Crippen molar-refractivity contribution in [2.75, 3.05) is 0 Å². The molecule has 2 N–H and O–H groups in total. The smallest absolute Gasteiger partial charge is 0.241 e. The first-order valence-corrected chi connectivity index (χ1v) is 11.1. The number of aromatic nitrogens is 1. The number of rotatable bonds is 6. The maximum atomic E-state index is 13.0. The molecular formula is C24H22N2O3S. The van der Waals surface area contributed by atoms with Gasteiger partial charge in [0.15, 0.2) is 0 Å². The molecule has 4 rings (SSSR count). The van der Waals surface area contributed by atoms with Gasteiger partial charge in [-0.3, -0.25) is 0 Å². The molecule has 5 nitrogen and oxygen atoms in total. The number of hydrogen-bond donors (Lipinski definition) is 2. The van der Waals surface area contributed by atoms with Gasteiger partial charge in [-0.25, -0.2) is 18.1 Å². The van der Waals surface area contributed by atoms with Crippen molar-refractivity contribution in [2.45, 2.75) is 24.3 Å². The summed E-state index contributed by atoms with van der Waals surface area (Å²) < 4.78 is 28.9. The number of nitrogens with one attached hydrogen (secondary N) is 1. The summed E-state index contributed by atoms with van der Waals surface area (Å²) in [5.41, 5.74) is 3.02. The van der Waals surface area contributed by atoms with Crippen LogP contribution in [-0.2, 0) is 16.4 Å². The molecule has 0 amide bonds. The molecule has 1 atom stereocenters. The van der Waals surface area contributed by atoms with E-state index in [1.54, 1.807) is 36.4 Å². The molecule has 0 fully saturated rings. The molecule has 0 aliphatic heterocycles. The lowest BCUT2D eigenvalue weighted by atomic mass is 10.0. The standard InChI is InChI=1S/C24H22N2O3S/c1-17-10-14-21(15-11-17)30(28,29)26-22(18-6-3-2-4-7-18)16-20-13-12-19-8-5-9-23(27)24(19)25-20/h2-15,22,26-27H,16H2,1H3. The Bertz CT molecular complexity index is 1270. The molecule has 6 heteroatoms. The number of pyridine rings is 1. The number of aromatic hydroxyl groups is 1. The average Bonchev–Trinajstić information content (AvgIpc) is 2.75. The van der Waals surface area contributed by atoms with E-state index in [0.717, 1.165) is 16.5 Å². The number of fused-ring (bicyclic) bond motifs is 1. The number of para-hydroxylation sites is 1. The Morgan fingerprint density at radius 1 is 0.900 bits per heavy atom. The second-order valence-electron chi connectivity index (χ2n) is 7.25. The third-order valence-electron chi connectivity index (χ3n) is 5.00. The van der Waals surface area contributed by atoms with Crippen LogP contribution in [0.4, 0.5) is 0 Å². The molecule has 0 saturated carbocycles. The molecule has 0 bridgehead atoms. The minimum atomic E-state index is -3.72. The average molecular weight is 419 g/mol. The summed E-state index contributed by atoms with van der Waals surface area (Å²) in [5.74, 6) is 0.103. The van der Waals surface area contributed by atoms with Crippen molar-refractivity contribution in [1.29, 1.82) is 0 Å². The SMILES string of the molecule is Cc1ccc(S(=O)(=O)NC(Cc2ccc3cccc(O)c3n2)c2ccccc2)cc1. The van der Waals surface area contributed by atoms with Crippen molar-refractivity contribution in [2.24, 2.45) is 0 Å². The molecule has 0 aliphatic rings. The fourth-order valence-electron chi connectivity index (χ4n) is 3.38. The summed E-state index contributed by atoms with van der Waals surface area (Å²) in [5, 5.41) is 11.0. The summed E-state index contributed by atoms with van der Waals surface area (Å²) in [6, 6.07) is 24.7. The van der Waals surface area contributed by atoms with Crippen molar-refractivity contribution >= 4 is 20.9 Å². The molecular weight excluding hydrogens is 396 g/mol. The molecule has 0 spiro atoms. The van der Waals surface area contributed by atoms with E-state index in [1.807, 2.05) is 55.5 Å². The van der Waals surface area contributed by atoms with Gasteiger partial charge in [0.05, 0.1) is 10.9 Å². The van der Waals surface area contributed by atoms with Gasteiger partial charge in [-0.2, -0.15) is 0 Å². The Balaban J connectivity index is 1.69. The van der Waals surface area contributed by atoms with Crippen molar-refractivity contribution in [3.05, 3.63) is 102 Å². The largest absolute Gasteiger partial charge is 0.506 e.